The number of halogens is 1. The van der Waals surface area contributed by atoms with Gasteiger partial charge >= 0.3 is 0 Å². The zero-order chi connectivity index (χ0) is 13.7. The van der Waals surface area contributed by atoms with Crippen LogP contribution < -0.4 is 4.72 Å². The molecule has 1 aromatic carbocycles. The van der Waals surface area contributed by atoms with Crippen LogP contribution in [-0.2, 0) is 10.0 Å². The lowest BCUT2D eigenvalue weighted by molar-refractivity contribution is 0.580. The fourth-order valence-electron chi connectivity index (χ4n) is 1.55. The zero-order valence-corrected chi connectivity index (χ0v) is 11.6. The van der Waals surface area contributed by atoms with E-state index in [1.165, 1.54) is 18.5 Å². The van der Waals surface area contributed by atoms with Gasteiger partial charge < -0.3 is 0 Å². The van der Waals surface area contributed by atoms with Crippen LogP contribution in [-0.4, -0.2) is 19.9 Å². The minimum absolute atomic E-state index is 0.128. The lowest BCUT2D eigenvalue weighted by Crippen LogP contribution is -2.27. The highest BCUT2D eigenvalue weighted by atomic mass is 35.5. The topological polar surface area (TPSA) is 59.1 Å². The Bertz CT molecular complexity index is 618. The molecule has 19 heavy (non-hydrogen) atoms. The summed E-state index contributed by atoms with van der Waals surface area (Å²) in [5.74, 6) is 0. The summed E-state index contributed by atoms with van der Waals surface area (Å²) in [6, 6.07) is 12.4. The first kappa shape index (κ1) is 14.0. The summed E-state index contributed by atoms with van der Waals surface area (Å²) in [4.78, 5) is 3.92. The van der Waals surface area contributed by atoms with Crippen LogP contribution in [0.25, 0.3) is 0 Å². The minimum Gasteiger partial charge on any atom is -0.263 e. The van der Waals surface area contributed by atoms with Crippen molar-refractivity contribution in [2.45, 2.75) is 10.3 Å². The normalized spacial score (nSPS) is 13.1. The van der Waals surface area contributed by atoms with Gasteiger partial charge in [0.2, 0.25) is 10.0 Å². The van der Waals surface area contributed by atoms with Gasteiger partial charge in [0, 0.05) is 18.9 Å². The second-order valence-corrected chi connectivity index (χ2v) is 6.21. The molecule has 4 nitrogen and oxygen atoms in total. The molecule has 0 radical (unpaired) electrons. The van der Waals surface area contributed by atoms with E-state index in [-0.39, 0.29) is 11.4 Å². The molecule has 0 aliphatic heterocycles. The second-order valence-electron chi connectivity index (χ2n) is 3.92. The van der Waals surface area contributed by atoms with Crippen molar-refractivity contribution in [3.05, 3.63) is 60.4 Å². The highest BCUT2D eigenvalue weighted by molar-refractivity contribution is 7.89. The van der Waals surface area contributed by atoms with Crippen molar-refractivity contribution < 1.29 is 8.42 Å². The molecule has 0 aliphatic carbocycles. The first-order valence-electron chi connectivity index (χ1n) is 5.68. The van der Waals surface area contributed by atoms with E-state index in [1.807, 2.05) is 30.3 Å². The number of rotatable bonds is 5. The van der Waals surface area contributed by atoms with Crippen LogP contribution in [0, 0.1) is 0 Å². The number of sulfonamides is 1. The van der Waals surface area contributed by atoms with Crippen LogP contribution >= 0.6 is 11.6 Å². The second kappa shape index (κ2) is 6.14. The summed E-state index contributed by atoms with van der Waals surface area (Å²) < 4.78 is 26.4. The molecule has 1 N–H and O–H groups in total. The van der Waals surface area contributed by atoms with Crippen LogP contribution in [0.1, 0.15) is 10.9 Å². The van der Waals surface area contributed by atoms with E-state index in [2.05, 4.69) is 9.71 Å². The third kappa shape index (κ3) is 3.76. The number of hydrogen-bond donors (Lipinski definition) is 1. The molecule has 0 fully saturated rings. The molecule has 6 heteroatoms. The maximum Gasteiger partial charge on any atom is 0.242 e. The molecule has 0 spiro atoms. The summed E-state index contributed by atoms with van der Waals surface area (Å²) in [7, 11) is -3.56. The standard InChI is InChI=1S/C13H13ClN2O2S/c14-13(11-5-2-1-3-6-11)10-16-19(17,18)12-7-4-8-15-9-12/h1-9,13,16H,10H2. The van der Waals surface area contributed by atoms with Gasteiger partial charge in [0.05, 0.1) is 5.38 Å². The highest BCUT2D eigenvalue weighted by Crippen LogP contribution is 2.19. The van der Waals surface area contributed by atoms with Crippen molar-refractivity contribution in [1.29, 1.82) is 0 Å². The van der Waals surface area contributed by atoms with Gasteiger partial charge in [-0.25, -0.2) is 13.1 Å². The SMILES string of the molecule is O=S(=O)(NCC(Cl)c1ccccc1)c1cccnc1. The molecule has 0 aliphatic rings. The van der Waals surface area contributed by atoms with Crippen molar-refractivity contribution >= 4 is 21.6 Å². The Balaban J connectivity index is 2.03. The summed E-state index contributed by atoms with van der Waals surface area (Å²) in [6.07, 6.45) is 2.82. The molecule has 1 aromatic heterocycles. The molecular weight excluding hydrogens is 284 g/mol. The predicted molar refractivity (Wildman–Crippen MR) is 74.5 cm³/mol. The van der Waals surface area contributed by atoms with Crippen LogP contribution in [0.5, 0.6) is 0 Å². The molecule has 1 atom stereocenters. The van der Waals surface area contributed by atoms with E-state index in [0.29, 0.717) is 0 Å². The Morgan fingerprint density at radius 2 is 1.89 bits per heavy atom. The van der Waals surface area contributed by atoms with Gasteiger partial charge in [-0.3, -0.25) is 4.98 Å². The number of nitrogens with zero attached hydrogens (tertiary/aromatic N) is 1. The Labute approximate surface area is 117 Å². The Kier molecular flexibility index (Phi) is 4.52. The molecule has 0 bridgehead atoms. The number of pyridine rings is 1. The lowest BCUT2D eigenvalue weighted by Gasteiger charge is -2.11. The molecule has 0 saturated carbocycles. The van der Waals surface area contributed by atoms with E-state index in [0.717, 1.165) is 5.56 Å². The summed E-state index contributed by atoms with van der Waals surface area (Å²) in [5.41, 5.74) is 0.873. The van der Waals surface area contributed by atoms with Crippen molar-refractivity contribution in [3.63, 3.8) is 0 Å². The molecule has 2 aromatic rings. The van der Waals surface area contributed by atoms with Crippen molar-refractivity contribution in [2.24, 2.45) is 0 Å². The average molecular weight is 297 g/mol. The third-order valence-electron chi connectivity index (χ3n) is 2.56. The quantitative estimate of drug-likeness (QED) is 0.862. The molecule has 2 rings (SSSR count). The van der Waals surface area contributed by atoms with Gasteiger partial charge in [0.15, 0.2) is 0 Å². The maximum absolute atomic E-state index is 12.0. The number of benzene rings is 1. The summed E-state index contributed by atoms with van der Waals surface area (Å²) in [5, 5.41) is -0.410. The van der Waals surface area contributed by atoms with Crippen LogP contribution in [0.2, 0.25) is 0 Å². The number of hydrogen-bond acceptors (Lipinski definition) is 3. The van der Waals surface area contributed by atoms with Crippen molar-refractivity contribution in [3.8, 4) is 0 Å². The molecular formula is C13H13ClN2O2S. The van der Waals surface area contributed by atoms with Gasteiger partial charge in [0.25, 0.3) is 0 Å². The zero-order valence-electron chi connectivity index (χ0n) is 10.0. The van der Waals surface area contributed by atoms with Gasteiger partial charge in [-0.05, 0) is 17.7 Å². The first-order valence-corrected chi connectivity index (χ1v) is 7.60. The fraction of sp³-hybridized carbons (Fsp3) is 0.154. The van der Waals surface area contributed by atoms with E-state index < -0.39 is 15.4 Å². The highest BCUT2D eigenvalue weighted by Gasteiger charge is 2.16. The molecule has 1 heterocycles. The van der Waals surface area contributed by atoms with Gasteiger partial charge in [0.1, 0.15) is 4.90 Å². The number of nitrogens with one attached hydrogen (secondary N) is 1. The minimum atomic E-state index is -3.56. The van der Waals surface area contributed by atoms with Gasteiger partial charge in [-0.2, -0.15) is 0 Å². The molecule has 0 amide bonds. The Morgan fingerprint density at radius 3 is 2.53 bits per heavy atom. The Morgan fingerprint density at radius 1 is 1.16 bits per heavy atom. The number of alkyl halides is 1. The smallest absolute Gasteiger partial charge is 0.242 e. The van der Waals surface area contributed by atoms with Crippen LogP contribution in [0.4, 0.5) is 0 Å². The monoisotopic (exact) mass is 296 g/mol. The lowest BCUT2D eigenvalue weighted by atomic mass is 10.1. The van der Waals surface area contributed by atoms with Crippen LogP contribution in [0.3, 0.4) is 0 Å². The van der Waals surface area contributed by atoms with E-state index in [9.17, 15) is 8.42 Å². The van der Waals surface area contributed by atoms with Crippen LogP contribution in [0.15, 0.2) is 59.8 Å². The van der Waals surface area contributed by atoms with Gasteiger partial charge in [-0.15, -0.1) is 11.6 Å². The summed E-state index contributed by atoms with van der Waals surface area (Å²) in [6.45, 7) is 0.128. The first-order chi connectivity index (χ1) is 9.09. The molecule has 1 unspecified atom stereocenters. The largest absolute Gasteiger partial charge is 0.263 e. The van der Waals surface area contributed by atoms with E-state index >= 15 is 0 Å². The molecule has 0 saturated heterocycles. The van der Waals surface area contributed by atoms with E-state index in [4.69, 9.17) is 11.6 Å². The fourth-order valence-corrected chi connectivity index (χ4v) is 2.88. The average Bonchev–Trinajstić information content (AvgIpc) is 2.47. The Hall–Kier alpha value is -1.43. The molecule has 100 valence electrons. The van der Waals surface area contributed by atoms with Crippen molar-refractivity contribution in [2.75, 3.05) is 6.54 Å². The third-order valence-corrected chi connectivity index (χ3v) is 4.37. The maximum atomic E-state index is 12.0. The summed E-state index contributed by atoms with van der Waals surface area (Å²) >= 11 is 6.16. The number of aromatic nitrogens is 1. The van der Waals surface area contributed by atoms with Gasteiger partial charge in [-0.1, -0.05) is 30.3 Å². The van der Waals surface area contributed by atoms with E-state index in [1.54, 1.807) is 6.07 Å². The van der Waals surface area contributed by atoms with Crippen molar-refractivity contribution in [1.82, 2.24) is 9.71 Å². The predicted octanol–water partition coefficient (Wildman–Crippen LogP) is 2.34.